The van der Waals surface area contributed by atoms with E-state index >= 15 is 0 Å². The number of aliphatic hydroxyl groups excluding tert-OH is 1. The zero-order valence-corrected chi connectivity index (χ0v) is 11.6. The van der Waals surface area contributed by atoms with Gasteiger partial charge in [0.05, 0.1) is 10.6 Å². The van der Waals surface area contributed by atoms with Gasteiger partial charge in [0.25, 0.3) is 0 Å². The number of hydrogen-bond acceptors (Lipinski definition) is 2. The van der Waals surface area contributed by atoms with Gasteiger partial charge in [0.15, 0.2) is 11.6 Å². The van der Waals surface area contributed by atoms with Gasteiger partial charge in [0.1, 0.15) is 11.6 Å². The molecule has 2 aromatic rings. The van der Waals surface area contributed by atoms with E-state index in [1.807, 2.05) is 0 Å². The van der Waals surface area contributed by atoms with Gasteiger partial charge in [-0.15, -0.1) is 0 Å². The molecule has 5 heteroatoms. The first-order valence-electron chi connectivity index (χ1n) is 5.58. The Hall–Kier alpha value is -1.46. The molecular formula is C14H11BrF2O2. The van der Waals surface area contributed by atoms with E-state index in [1.54, 1.807) is 13.0 Å². The fourth-order valence-electron chi connectivity index (χ4n) is 1.53. The fraction of sp³-hybridized carbons (Fsp3) is 0.143. The zero-order chi connectivity index (χ0) is 14.0. The van der Waals surface area contributed by atoms with E-state index in [9.17, 15) is 13.9 Å². The maximum atomic E-state index is 13.7. The van der Waals surface area contributed by atoms with E-state index < -0.39 is 17.7 Å². The number of halogens is 3. The first-order chi connectivity index (χ1) is 8.97. The van der Waals surface area contributed by atoms with Crippen LogP contribution in [-0.4, -0.2) is 5.11 Å². The molecule has 0 heterocycles. The molecule has 0 aliphatic carbocycles. The van der Waals surface area contributed by atoms with E-state index in [1.165, 1.54) is 24.3 Å². The maximum absolute atomic E-state index is 13.7. The molecule has 0 aliphatic rings. The number of rotatable bonds is 3. The summed E-state index contributed by atoms with van der Waals surface area (Å²) in [5.41, 5.74) is 0.451. The Kier molecular flexibility index (Phi) is 4.17. The van der Waals surface area contributed by atoms with Crippen molar-refractivity contribution in [1.29, 1.82) is 0 Å². The Morgan fingerprint density at radius 1 is 1.11 bits per heavy atom. The molecule has 0 saturated heterocycles. The maximum Gasteiger partial charge on any atom is 0.166 e. The molecule has 0 saturated carbocycles. The Morgan fingerprint density at radius 3 is 2.42 bits per heavy atom. The molecule has 2 rings (SSSR count). The Balaban J connectivity index is 2.25. The molecule has 0 bridgehead atoms. The summed E-state index contributed by atoms with van der Waals surface area (Å²) in [6, 6.07) is 8.30. The highest BCUT2D eigenvalue weighted by molar-refractivity contribution is 9.10. The van der Waals surface area contributed by atoms with Crippen molar-refractivity contribution >= 4 is 15.9 Å². The van der Waals surface area contributed by atoms with Gasteiger partial charge in [-0.05, 0) is 52.7 Å². The molecule has 0 spiro atoms. The second-order valence-corrected chi connectivity index (χ2v) is 4.90. The molecule has 0 fully saturated rings. The minimum Gasteiger partial charge on any atom is -0.454 e. The summed E-state index contributed by atoms with van der Waals surface area (Å²) in [5, 5.41) is 9.33. The molecule has 0 radical (unpaired) electrons. The van der Waals surface area contributed by atoms with E-state index in [0.29, 0.717) is 10.0 Å². The highest BCUT2D eigenvalue weighted by Gasteiger charge is 2.10. The van der Waals surface area contributed by atoms with Gasteiger partial charge in [-0.25, -0.2) is 8.78 Å². The minimum absolute atomic E-state index is 0.0221. The van der Waals surface area contributed by atoms with E-state index in [2.05, 4.69) is 15.9 Å². The van der Waals surface area contributed by atoms with Crippen LogP contribution in [0.25, 0.3) is 0 Å². The molecule has 0 unspecified atom stereocenters. The second-order valence-electron chi connectivity index (χ2n) is 4.04. The number of ether oxygens (including phenoxy) is 1. The largest absolute Gasteiger partial charge is 0.454 e. The van der Waals surface area contributed by atoms with Crippen LogP contribution >= 0.6 is 15.9 Å². The normalized spacial score (nSPS) is 12.3. The Morgan fingerprint density at radius 2 is 1.84 bits per heavy atom. The second kappa shape index (κ2) is 5.67. The molecule has 0 aliphatic heterocycles. The molecule has 19 heavy (non-hydrogen) atoms. The van der Waals surface area contributed by atoms with Crippen LogP contribution in [0, 0.1) is 11.6 Å². The highest BCUT2D eigenvalue weighted by Crippen LogP contribution is 2.29. The van der Waals surface area contributed by atoms with Crippen LogP contribution in [-0.2, 0) is 0 Å². The van der Waals surface area contributed by atoms with Crippen molar-refractivity contribution in [3.05, 3.63) is 58.1 Å². The van der Waals surface area contributed by atoms with Crippen LogP contribution < -0.4 is 4.74 Å². The van der Waals surface area contributed by atoms with Gasteiger partial charge in [0.2, 0.25) is 0 Å². The number of hydrogen-bond donors (Lipinski definition) is 1. The third kappa shape index (κ3) is 3.30. The smallest absolute Gasteiger partial charge is 0.166 e. The van der Waals surface area contributed by atoms with Crippen molar-refractivity contribution in [1.82, 2.24) is 0 Å². The number of aliphatic hydroxyl groups is 1. The minimum atomic E-state index is -0.756. The standard InChI is InChI=1S/C14H11BrF2O2/c1-8(18)9-2-5-14(13(17)6-9)19-10-3-4-11(15)12(16)7-10/h2-8,18H,1H3/t8-/m1/s1. The first kappa shape index (κ1) is 14.0. The third-order valence-corrected chi connectivity index (χ3v) is 3.20. The molecule has 0 aromatic heterocycles. The van der Waals surface area contributed by atoms with Gasteiger partial charge >= 0.3 is 0 Å². The van der Waals surface area contributed by atoms with Crippen molar-refractivity contribution in [2.75, 3.05) is 0 Å². The summed E-state index contributed by atoms with van der Waals surface area (Å²) in [6.45, 7) is 1.54. The first-order valence-corrected chi connectivity index (χ1v) is 6.37. The summed E-state index contributed by atoms with van der Waals surface area (Å²) >= 11 is 3.02. The van der Waals surface area contributed by atoms with Crippen LogP contribution in [0.4, 0.5) is 8.78 Å². The monoisotopic (exact) mass is 328 g/mol. The SMILES string of the molecule is C[C@@H](O)c1ccc(Oc2ccc(Br)c(F)c2)c(F)c1. The third-order valence-electron chi connectivity index (χ3n) is 2.56. The van der Waals surface area contributed by atoms with Crippen LogP contribution in [0.5, 0.6) is 11.5 Å². The average Bonchev–Trinajstić information content (AvgIpc) is 2.36. The van der Waals surface area contributed by atoms with Gasteiger partial charge in [0, 0.05) is 6.07 Å². The fourth-order valence-corrected chi connectivity index (χ4v) is 1.77. The molecule has 0 amide bonds. The molecule has 2 nitrogen and oxygen atoms in total. The molecule has 1 atom stereocenters. The lowest BCUT2D eigenvalue weighted by atomic mass is 10.1. The summed E-state index contributed by atoms with van der Waals surface area (Å²) in [7, 11) is 0. The predicted molar refractivity (Wildman–Crippen MR) is 71.2 cm³/mol. The van der Waals surface area contributed by atoms with Crippen LogP contribution in [0.3, 0.4) is 0 Å². The van der Waals surface area contributed by atoms with E-state index in [4.69, 9.17) is 4.74 Å². The summed E-state index contributed by atoms with van der Waals surface area (Å²) in [6.07, 6.45) is -0.756. The average molecular weight is 329 g/mol. The van der Waals surface area contributed by atoms with Crippen molar-refractivity contribution in [2.45, 2.75) is 13.0 Å². The summed E-state index contributed by atoms with van der Waals surface area (Å²) in [4.78, 5) is 0. The molecule has 1 N–H and O–H groups in total. The topological polar surface area (TPSA) is 29.5 Å². The van der Waals surface area contributed by atoms with Crippen LogP contribution in [0.15, 0.2) is 40.9 Å². The van der Waals surface area contributed by atoms with E-state index in [-0.39, 0.29) is 11.5 Å². The van der Waals surface area contributed by atoms with Gasteiger partial charge in [-0.3, -0.25) is 0 Å². The lowest BCUT2D eigenvalue weighted by Crippen LogP contribution is -1.95. The molecule has 100 valence electrons. The van der Waals surface area contributed by atoms with Crippen molar-refractivity contribution in [2.24, 2.45) is 0 Å². The van der Waals surface area contributed by atoms with E-state index in [0.717, 1.165) is 6.07 Å². The van der Waals surface area contributed by atoms with Gasteiger partial charge < -0.3 is 9.84 Å². The highest BCUT2D eigenvalue weighted by atomic mass is 79.9. The lowest BCUT2D eigenvalue weighted by Gasteiger charge is -2.10. The summed E-state index contributed by atoms with van der Waals surface area (Å²) in [5.74, 6) is -0.921. The molecular weight excluding hydrogens is 318 g/mol. The quantitative estimate of drug-likeness (QED) is 0.894. The summed E-state index contributed by atoms with van der Waals surface area (Å²) < 4.78 is 32.6. The Bertz CT molecular complexity index is 600. The lowest BCUT2D eigenvalue weighted by molar-refractivity contribution is 0.198. The number of benzene rings is 2. The molecule has 2 aromatic carbocycles. The van der Waals surface area contributed by atoms with Gasteiger partial charge in [-0.1, -0.05) is 6.07 Å². The van der Waals surface area contributed by atoms with Crippen molar-refractivity contribution in [3.63, 3.8) is 0 Å². The van der Waals surface area contributed by atoms with Crippen LogP contribution in [0.2, 0.25) is 0 Å². The van der Waals surface area contributed by atoms with Crippen molar-refractivity contribution < 1.29 is 18.6 Å². The van der Waals surface area contributed by atoms with Crippen molar-refractivity contribution in [3.8, 4) is 11.5 Å². The van der Waals surface area contributed by atoms with Gasteiger partial charge in [-0.2, -0.15) is 0 Å². The zero-order valence-electron chi connectivity index (χ0n) is 10.0. The Labute approximate surface area is 117 Å². The predicted octanol–water partition coefficient (Wildman–Crippen LogP) is 4.57. The van der Waals surface area contributed by atoms with Crippen LogP contribution in [0.1, 0.15) is 18.6 Å².